The summed E-state index contributed by atoms with van der Waals surface area (Å²) in [6, 6.07) is 8.70. The minimum absolute atomic E-state index is 0.564. The van der Waals surface area contributed by atoms with Crippen molar-refractivity contribution in [3.05, 3.63) is 29.8 Å². The smallest absolute Gasteiger partial charge is 0.0446 e. The van der Waals surface area contributed by atoms with Gasteiger partial charge in [0, 0.05) is 32.5 Å². The second kappa shape index (κ2) is 5.40. The summed E-state index contributed by atoms with van der Waals surface area (Å²) in [4.78, 5) is 7.00. The van der Waals surface area contributed by atoms with Gasteiger partial charge in [0.1, 0.15) is 0 Å². The van der Waals surface area contributed by atoms with Crippen LogP contribution in [0.2, 0.25) is 0 Å². The molecular formula is C20H28N2. The number of aliphatic imine (C=N–C) groups is 1. The van der Waals surface area contributed by atoms with Crippen LogP contribution in [-0.4, -0.2) is 26.9 Å². The minimum Gasteiger partial charge on any atom is -0.378 e. The lowest BCUT2D eigenvalue weighted by molar-refractivity contribution is -0.0464. The number of rotatable bonds is 4. The number of anilines is 1. The molecule has 0 N–H and O–H groups in total. The van der Waals surface area contributed by atoms with E-state index in [2.05, 4.69) is 49.5 Å². The highest BCUT2D eigenvalue weighted by atomic mass is 15.1. The van der Waals surface area contributed by atoms with Gasteiger partial charge in [-0.05, 0) is 79.4 Å². The Labute approximate surface area is 134 Å². The molecule has 0 unspecified atom stereocenters. The summed E-state index contributed by atoms with van der Waals surface area (Å²) in [5.41, 5.74) is 3.04. The lowest BCUT2D eigenvalue weighted by Gasteiger charge is -2.56. The van der Waals surface area contributed by atoms with Gasteiger partial charge in [0.2, 0.25) is 0 Å². The highest BCUT2D eigenvalue weighted by molar-refractivity contribution is 5.80. The Balaban J connectivity index is 1.42. The van der Waals surface area contributed by atoms with E-state index < -0.39 is 0 Å². The van der Waals surface area contributed by atoms with Crippen molar-refractivity contribution in [1.82, 2.24) is 0 Å². The molecule has 4 aliphatic rings. The molecule has 4 aliphatic carbocycles. The molecule has 0 atom stereocenters. The van der Waals surface area contributed by atoms with Crippen LogP contribution in [0, 0.1) is 23.2 Å². The standard InChI is InChI=1S/C20H28N2/c1-22(2)19-5-3-15(4-6-19)13-21-14-20-10-16-7-17(11-20)9-18(8-16)12-20/h3-6,13,16-18H,7-12,14H2,1-2H3. The number of nitrogens with zero attached hydrogens (tertiary/aromatic N) is 2. The first kappa shape index (κ1) is 14.3. The van der Waals surface area contributed by atoms with Crippen LogP contribution in [0.5, 0.6) is 0 Å². The summed E-state index contributed by atoms with van der Waals surface area (Å²) >= 11 is 0. The summed E-state index contributed by atoms with van der Waals surface area (Å²) in [5.74, 6) is 3.09. The fraction of sp³-hybridized carbons (Fsp3) is 0.650. The molecule has 2 nitrogen and oxygen atoms in total. The average molecular weight is 296 g/mol. The number of benzene rings is 1. The first-order chi connectivity index (χ1) is 10.6. The van der Waals surface area contributed by atoms with Crippen LogP contribution in [0.3, 0.4) is 0 Å². The van der Waals surface area contributed by atoms with Crippen LogP contribution < -0.4 is 4.90 Å². The predicted molar refractivity (Wildman–Crippen MR) is 93.8 cm³/mol. The largest absolute Gasteiger partial charge is 0.378 e. The van der Waals surface area contributed by atoms with Crippen LogP contribution in [0.4, 0.5) is 5.69 Å². The maximum Gasteiger partial charge on any atom is 0.0446 e. The second-order valence-corrected chi connectivity index (χ2v) is 8.37. The molecule has 22 heavy (non-hydrogen) atoms. The van der Waals surface area contributed by atoms with Gasteiger partial charge in [-0.25, -0.2) is 0 Å². The lowest BCUT2D eigenvalue weighted by atomic mass is 9.49. The molecule has 4 saturated carbocycles. The van der Waals surface area contributed by atoms with Gasteiger partial charge in [-0.1, -0.05) is 12.1 Å². The Hall–Kier alpha value is -1.31. The zero-order valence-electron chi connectivity index (χ0n) is 14.0. The molecule has 5 rings (SSSR count). The zero-order valence-corrected chi connectivity index (χ0v) is 14.0. The van der Waals surface area contributed by atoms with E-state index in [1.54, 1.807) is 0 Å². The van der Waals surface area contributed by atoms with E-state index in [1.165, 1.54) is 49.8 Å². The summed E-state index contributed by atoms with van der Waals surface area (Å²) in [6.07, 6.45) is 11.0. The van der Waals surface area contributed by atoms with Crippen molar-refractivity contribution in [3.8, 4) is 0 Å². The maximum atomic E-state index is 4.87. The topological polar surface area (TPSA) is 15.6 Å². The third-order valence-electron chi connectivity index (χ3n) is 6.24. The van der Waals surface area contributed by atoms with Crippen molar-refractivity contribution < 1.29 is 0 Å². The number of hydrogen-bond donors (Lipinski definition) is 0. The van der Waals surface area contributed by atoms with E-state index in [9.17, 15) is 0 Å². The molecule has 4 fully saturated rings. The molecule has 2 heteroatoms. The fourth-order valence-corrected chi connectivity index (χ4v) is 5.69. The quantitative estimate of drug-likeness (QED) is 0.752. The Bertz CT molecular complexity index is 520. The Kier molecular flexibility index (Phi) is 3.51. The lowest BCUT2D eigenvalue weighted by Crippen LogP contribution is -2.47. The molecule has 4 bridgehead atoms. The van der Waals surface area contributed by atoms with Gasteiger partial charge >= 0.3 is 0 Å². The molecule has 0 saturated heterocycles. The molecule has 0 amide bonds. The highest BCUT2D eigenvalue weighted by Crippen LogP contribution is 2.60. The van der Waals surface area contributed by atoms with Crippen molar-refractivity contribution in [2.45, 2.75) is 38.5 Å². The summed E-state index contributed by atoms with van der Waals surface area (Å²) in [6.45, 7) is 1.06. The number of hydrogen-bond acceptors (Lipinski definition) is 2. The molecule has 1 aromatic carbocycles. The van der Waals surface area contributed by atoms with Crippen molar-refractivity contribution >= 4 is 11.9 Å². The molecule has 0 spiro atoms. The molecular weight excluding hydrogens is 268 g/mol. The van der Waals surface area contributed by atoms with Crippen molar-refractivity contribution in [3.63, 3.8) is 0 Å². The molecule has 118 valence electrons. The Morgan fingerprint density at radius 3 is 2.05 bits per heavy atom. The monoisotopic (exact) mass is 296 g/mol. The van der Waals surface area contributed by atoms with Gasteiger partial charge in [0.05, 0.1) is 0 Å². The van der Waals surface area contributed by atoms with Gasteiger partial charge in [-0.3, -0.25) is 4.99 Å². The third kappa shape index (κ3) is 2.68. The average Bonchev–Trinajstić information content (AvgIpc) is 2.46. The van der Waals surface area contributed by atoms with Crippen LogP contribution >= 0.6 is 0 Å². The summed E-state index contributed by atoms with van der Waals surface area (Å²) in [5, 5.41) is 0. The maximum absolute atomic E-state index is 4.87. The predicted octanol–water partition coefficient (Wildman–Crippen LogP) is 4.39. The molecule has 0 heterocycles. The van der Waals surface area contributed by atoms with Gasteiger partial charge in [-0.2, -0.15) is 0 Å². The van der Waals surface area contributed by atoms with Gasteiger partial charge in [0.15, 0.2) is 0 Å². The van der Waals surface area contributed by atoms with E-state index in [4.69, 9.17) is 4.99 Å². The van der Waals surface area contributed by atoms with Gasteiger partial charge in [0.25, 0.3) is 0 Å². The molecule has 0 aromatic heterocycles. The van der Waals surface area contributed by atoms with E-state index in [0.717, 1.165) is 24.3 Å². The second-order valence-electron chi connectivity index (χ2n) is 8.37. The van der Waals surface area contributed by atoms with E-state index in [-0.39, 0.29) is 0 Å². The van der Waals surface area contributed by atoms with Crippen LogP contribution in [-0.2, 0) is 0 Å². The zero-order chi connectivity index (χ0) is 15.2. The molecule has 1 aromatic rings. The van der Waals surface area contributed by atoms with Crippen molar-refractivity contribution in [2.75, 3.05) is 25.5 Å². The van der Waals surface area contributed by atoms with E-state index >= 15 is 0 Å². The highest BCUT2D eigenvalue weighted by Gasteiger charge is 2.50. The first-order valence-corrected chi connectivity index (χ1v) is 8.89. The van der Waals surface area contributed by atoms with Crippen molar-refractivity contribution in [1.29, 1.82) is 0 Å². The third-order valence-corrected chi connectivity index (χ3v) is 6.24. The van der Waals surface area contributed by atoms with Crippen molar-refractivity contribution in [2.24, 2.45) is 28.2 Å². The van der Waals surface area contributed by atoms with E-state index in [1.807, 2.05) is 0 Å². The normalized spacial score (nSPS) is 36.2. The Morgan fingerprint density at radius 1 is 1.00 bits per heavy atom. The van der Waals surface area contributed by atoms with Gasteiger partial charge < -0.3 is 4.90 Å². The van der Waals surface area contributed by atoms with Crippen LogP contribution in [0.15, 0.2) is 29.3 Å². The molecule has 0 radical (unpaired) electrons. The fourth-order valence-electron chi connectivity index (χ4n) is 5.69. The van der Waals surface area contributed by atoms with E-state index in [0.29, 0.717) is 5.41 Å². The van der Waals surface area contributed by atoms with Gasteiger partial charge in [-0.15, -0.1) is 0 Å². The van der Waals surface area contributed by atoms with Crippen LogP contribution in [0.1, 0.15) is 44.1 Å². The summed E-state index contributed by atoms with van der Waals surface area (Å²) in [7, 11) is 4.16. The Morgan fingerprint density at radius 2 is 1.55 bits per heavy atom. The summed E-state index contributed by atoms with van der Waals surface area (Å²) < 4.78 is 0. The molecule has 0 aliphatic heterocycles. The minimum atomic E-state index is 0.564. The first-order valence-electron chi connectivity index (χ1n) is 8.89. The SMILES string of the molecule is CN(C)c1ccc(C=NCC23CC4CC(CC(C4)C2)C3)cc1. The van der Waals surface area contributed by atoms with Crippen LogP contribution in [0.25, 0.3) is 0 Å².